The largest absolute Gasteiger partial charge is 0.496 e. The van der Waals surface area contributed by atoms with Crippen LogP contribution in [0.5, 0.6) is 5.75 Å². The Morgan fingerprint density at radius 1 is 0.952 bits per heavy atom. The molecule has 0 amide bonds. The molecule has 2 rings (SSSR count). The Kier molecular flexibility index (Phi) is 4.16. The number of rotatable bonds is 3. The summed E-state index contributed by atoms with van der Waals surface area (Å²) in [5.41, 5.74) is -0.770. The summed E-state index contributed by atoms with van der Waals surface area (Å²) in [5.74, 6) is 0.188. The van der Waals surface area contributed by atoms with Gasteiger partial charge in [-0.1, -0.05) is 24.3 Å². The Morgan fingerprint density at radius 2 is 1.57 bits per heavy atom. The Balaban J connectivity index is 2.56. The van der Waals surface area contributed by atoms with E-state index in [0.717, 1.165) is 24.3 Å². The second-order valence-electron chi connectivity index (χ2n) is 4.30. The molecule has 0 spiro atoms. The standard InChI is InChI=1S/C15H11F5O/c1-21-12-4-2-3-11(14(16)17)13(12)9-5-7-10(8-6-9)15(18,19)20/h2-8,14H,1H3. The highest BCUT2D eigenvalue weighted by Crippen LogP contribution is 2.39. The molecule has 1 nitrogen and oxygen atoms in total. The van der Waals surface area contributed by atoms with Crippen molar-refractivity contribution < 1.29 is 26.7 Å². The molecular weight excluding hydrogens is 291 g/mol. The minimum atomic E-state index is -4.47. The molecule has 0 unspecified atom stereocenters. The number of halogens is 5. The molecule has 0 aliphatic rings. The number of hydrogen-bond donors (Lipinski definition) is 0. The summed E-state index contributed by atoms with van der Waals surface area (Å²) in [6.45, 7) is 0. The third-order valence-corrected chi connectivity index (χ3v) is 3.01. The molecular formula is C15H11F5O. The maximum absolute atomic E-state index is 13.1. The lowest BCUT2D eigenvalue weighted by atomic mass is 9.97. The molecule has 21 heavy (non-hydrogen) atoms. The van der Waals surface area contributed by atoms with Gasteiger partial charge in [0.05, 0.1) is 12.7 Å². The first-order valence-electron chi connectivity index (χ1n) is 5.97. The average molecular weight is 302 g/mol. The van der Waals surface area contributed by atoms with Crippen molar-refractivity contribution in [1.82, 2.24) is 0 Å². The van der Waals surface area contributed by atoms with Crippen LogP contribution >= 0.6 is 0 Å². The van der Waals surface area contributed by atoms with Crippen LogP contribution in [0.1, 0.15) is 17.6 Å². The zero-order valence-electron chi connectivity index (χ0n) is 10.9. The highest BCUT2D eigenvalue weighted by molar-refractivity contribution is 5.74. The minimum absolute atomic E-state index is 0.101. The van der Waals surface area contributed by atoms with Gasteiger partial charge in [-0.3, -0.25) is 0 Å². The third kappa shape index (κ3) is 3.15. The predicted octanol–water partition coefficient (Wildman–Crippen LogP) is 5.32. The lowest BCUT2D eigenvalue weighted by Gasteiger charge is -2.14. The maximum Gasteiger partial charge on any atom is 0.416 e. The summed E-state index contributed by atoms with van der Waals surface area (Å²) < 4.78 is 68.7. The van der Waals surface area contributed by atoms with Crippen molar-refractivity contribution in [3.8, 4) is 16.9 Å². The minimum Gasteiger partial charge on any atom is -0.496 e. The van der Waals surface area contributed by atoms with Crippen LogP contribution in [-0.4, -0.2) is 7.11 Å². The maximum atomic E-state index is 13.1. The normalized spacial score (nSPS) is 11.8. The van der Waals surface area contributed by atoms with Crippen molar-refractivity contribution in [1.29, 1.82) is 0 Å². The Bertz CT molecular complexity index is 617. The molecule has 0 aliphatic carbocycles. The molecule has 0 saturated heterocycles. The van der Waals surface area contributed by atoms with E-state index < -0.39 is 18.2 Å². The highest BCUT2D eigenvalue weighted by Gasteiger charge is 2.30. The summed E-state index contributed by atoms with van der Waals surface area (Å²) >= 11 is 0. The molecule has 0 bridgehead atoms. The fourth-order valence-electron chi connectivity index (χ4n) is 2.03. The van der Waals surface area contributed by atoms with E-state index in [4.69, 9.17) is 4.74 Å². The predicted molar refractivity (Wildman–Crippen MR) is 68.4 cm³/mol. The molecule has 2 aromatic carbocycles. The number of benzene rings is 2. The van der Waals surface area contributed by atoms with Gasteiger partial charge >= 0.3 is 6.18 Å². The van der Waals surface area contributed by atoms with E-state index in [9.17, 15) is 22.0 Å². The smallest absolute Gasteiger partial charge is 0.416 e. The van der Waals surface area contributed by atoms with E-state index in [-0.39, 0.29) is 22.4 Å². The average Bonchev–Trinajstić information content (AvgIpc) is 2.45. The molecule has 0 fully saturated rings. The van der Waals surface area contributed by atoms with Crippen LogP contribution in [0.4, 0.5) is 22.0 Å². The number of hydrogen-bond acceptors (Lipinski definition) is 1. The van der Waals surface area contributed by atoms with Crippen LogP contribution in [0.15, 0.2) is 42.5 Å². The van der Waals surface area contributed by atoms with Crippen molar-refractivity contribution in [3.05, 3.63) is 53.6 Å². The lowest BCUT2D eigenvalue weighted by Crippen LogP contribution is -2.04. The van der Waals surface area contributed by atoms with Crippen LogP contribution in [0.3, 0.4) is 0 Å². The van der Waals surface area contributed by atoms with Crippen LogP contribution < -0.4 is 4.74 Å². The lowest BCUT2D eigenvalue weighted by molar-refractivity contribution is -0.137. The van der Waals surface area contributed by atoms with Crippen molar-refractivity contribution in [2.75, 3.05) is 7.11 Å². The second kappa shape index (κ2) is 5.71. The van der Waals surface area contributed by atoms with Gasteiger partial charge in [-0.05, 0) is 23.8 Å². The zero-order valence-corrected chi connectivity index (χ0v) is 10.9. The van der Waals surface area contributed by atoms with Gasteiger partial charge in [0, 0.05) is 11.1 Å². The van der Waals surface area contributed by atoms with Crippen LogP contribution in [0, 0.1) is 0 Å². The summed E-state index contributed by atoms with van der Waals surface area (Å²) in [6.07, 6.45) is -7.22. The highest BCUT2D eigenvalue weighted by atomic mass is 19.4. The first-order valence-corrected chi connectivity index (χ1v) is 5.97. The molecule has 0 heterocycles. The quantitative estimate of drug-likeness (QED) is 0.697. The summed E-state index contributed by atoms with van der Waals surface area (Å²) in [5, 5.41) is 0. The van der Waals surface area contributed by atoms with Crippen molar-refractivity contribution in [3.63, 3.8) is 0 Å². The summed E-state index contributed by atoms with van der Waals surface area (Å²) in [4.78, 5) is 0. The van der Waals surface area contributed by atoms with E-state index >= 15 is 0 Å². The molecule has 0 aliphatic heterocycles. The van der Waals surface area contributed by atoms with E-state index in [1.165, 1.54) is 25.3 Å². The fourth-order valence-corrected chi connectivity index (χ4v) is 2.03. The Labute approximate surface area is 118 Å². The van der Waals surface area contributed by atoms with Crippen molar-refractivity contribution in [2.45, 2.75) is 12.6 Å². The SMILES string of the molecule is COc1cccc(C(F)F)c1-c1ccc(C(F)(F)F)cc1. The van der Waals surface area contributed by atoms with Crippen molar-refractivity contribution in [2.24, 2.45) is 0 Å². The van der Waals surface area contributed by atoms with Gasteiger partial charge in [-0.2, -0.15) is 13.2 Å². The van der Waals surface area contributed by atoms with E-state index in [1.807, 2.05) is 0 Å². The molecule has 0 atom stereocenters. The van der Waals surface area contributed by atoms with Crippen molar-refractivity contribution >= 4 is 0 Å². The molecule has 0 saturated carbocycles. The third-order valence-electron chi connectivity index (χ3n) is 3.01. The van der Waals surface area contributed by atoms with E-state index in [2.05, 4.69) is 0 Å². The van der Waals surface area contributed by atoms with Gasteiger partial charge in [0.25, 0.3) is 6.43 Å². The van der Waals surface area contributed by atoms with Crippen LogP contribution in [0.25, 0.3) is 11.1 Å². The molecule has 112 valence electrons. The number of alkyl halides is 5. The second-order valence-corrected chi connectivity index (χ2v) is 4.30. The Morgan fingerprint density at radius 3 is 2.05 bits per heavy atom. The zero-order chi connectivity index (χ0) is 15.6. The monoisotopic (exact) mass is 302 g/mol. The first kappa shape index (κ1) is 15.3. The molecule has 2 aromatic rings. The fraction of sp³-hybridized carbons (Fsp3) is 0.200. The Hall–Kier alpha value is -2.11. The van der Waals surface area contributed by atoms with Gasteiger partial charge in [-0.25, -0.2) is 8.78 Å². The molecule has 0 N–H and O–H groups in total. The van der Waals surface area contributed by atoms with Crippen LogP contribution in [-0.2, 0) is 6.18 Å². The molecule has 0 aromatic heterocycles. The van der Waals surface area contributed by atoms with Crippen LogP contribution in [0.2, 0.25) is 0 Å². The van der Waals surface area contributed by atoms with Gasteiger partial charge in [0.2, 0.25) is 0 Å². The number of methoxy groups -OCH3 is 1. The van der Waals surface area contributed by atoms with Gasteiger partial charge < -0.3 is 4.74 Å². The first-order chi connectivity index (χ1) is 9.84. The van der Waals surface area contributed by atoms with Gasteiger partial charge in [-0.15, -0.1) is 0 Å². The summed E-state index contributed by atoms with van der Waals surface area (Å²) in [6, 6.07) is 8.15. The van der Waals surface area contributed by atoms with E-state index in [1.54, 1.807) is 0 Å². The topological polar surface area (TPSA) is 9.23 Å². The van der Waals surface area contributed by atoms with Gasteiger partial charge in [0.1, 0.15) is 5.75 Å². The number of ether oxygens (including phenoxy) is 1. The van der Waals surface area contributed by atoms with E-state index in [0.29, 0.717) is 0 Å². The van der Waals surface area contributed by atoms with Gasteiger partial charge in [0.15, 0.2) is 0 Å². The molecule has 6 heteroatoms. The molecule has 0 radical (unpaired) electrons. The summed E-state index contributed by atoms with van der Waals surface area (Å²) in [7, 11) is 1.32.